The van der Waals surface area contributed by atoms with Crippen molar-refractivity contribution in [3.63, 3.8) is 0 Å². The van der Waals surface area contributed by atoms with Gasteiger partial charge in [-0.1, -0.05) is 18.6 Å². The number of carbonyl (C=O) groups is 2. The van der Waals surface area contributed by atoms with E-state index in [-0.39, 0.29) is 29.7 Å². The van der Waals surface area contributed by atoms with Crippen LogP contribution in [-0.4, -0.2) is 76.9 Å². The normalized spacial score (nSPS) is 29.1. The smallest absolute Gasteiger partial charge is 0.243 e. The molecule has 1 spiro atoms. The molecule has 1 saturated carbocycles. The van der Waals surface area contributed by atoms with E-state index in [0.717, 1.165) is 44.5 Å². The van der Waals surface area contributed by atoms with Gasteiger partial charge in [0.05, 0.1) is 12.0 Å². The van der Waals surface area contributed by atoms with Crippen LogP contribution >= 0.6 is 0 Å². The lowest BCUT2D eigenvalue weighted by molar-refractivity contribution is -0.135. The zero-order chi connectivity index (χ0) is 21.6. The van der Waals surface area contributed by atoms with Crippen LogP contribution in [0.4, 0.5) is 4.39 Å². The predicted molar refractivity (Wildman–Crippen MR) is 116 cm³/mol. The molecule has 6 nitrogen and oxygen atoms in total. The van der Waals surface area contributed by atoms with Crippen molar-refractivity contribution in [1.82, 2.24) is 20.0 Å². The summed E-state index contributed by atoms with van der Waals surface area (Å²) in [7, 11) is 2.15. The van der Waals surface area contributed by atoms with Crippen molar-refractivity contribution in [3.05, 3.63) is 35.6 Å². The molecule has 168 valence electrons. The topological polar surface area (TPSA) is 55.9 Å². The minimum absolute atomic E-state index is 0.0299. The highest BCUT2D eigenvalue weighted by molar-refractivity contribution is 5.92. The van der Waals surface area contributed by atoms with E-state index in [1.807, 2.05) is 17.0 Å². The SMILES string of the molecule is CN(C1CCC1)[C@H]1C[C@H]2C(=O)NC3(CCN(Cc4ccc(F)cc4)CC3)CC(=O)N2C1. The summed E-state index contributed by atoms with van der Waals surface area (Å²) in [6.07, 6.45) is 6.45. The average Bonchev–Trinajstić information content (AvgIpc) is 3.13. The molecule has 1 aromatic rings. The first-order chi connectivity index (χ1) is 14.9. The predicted octanol–water partition coefficient (Wildman–Crippen LogP) is 2.13. The molecule has 1 N–H and O–H groups in total. The number of rotatable bonds is 4. The first-order valence-corrected chi connectivity index (χ1v) is 11.7. The number of fused-ring (bicyclic) bond motifs is 1. The van der Waals surface area contributed by atoms with E-state index in [1.54, 1.807) is 0 Å². The van der Waals surface area contributed by atoms with Crippen LogP contribution in [0.15, 0.2) is 24.3 Å². The third-order valence-corrected chi connectivity index (χ3v) is 8.14. The Hall–Kier alpha value is -1.99. The Morgan fingerprint density at radius 1 is 1.13 bits per heavy atom. The van der Waals surface area contributed by atoms with Gasteiger partial charge < -0.3 is 10.2 Å². The third kappa shape index (κ3) is 4.10. The second kappa shape index (κ2) is 8.17. The first-order valence-electron chi connectivity index (χ1n) is 11.7. The Morgan fingerprint density at radius 3 is 2.48 bits per heavy atom. The lowest BCUT2D eigenvalue weighted by atomic mass is 9.83. The van der Waals surface area contributed by atoms with Crippen LogP contribution in [0.3, 0.4) is 0 Å². The number of hydrogen-bond acceptors (Lipinski definition) is 4. The van der Waals surface area contributed by atoms with Crippen LogP contribution in [0.2, 0.25) is 0 Å². The molecule has 0 aromatic heterocycles. The Morgan fingerprint density at radius 2 is 1.84 bits per heavy atom. The van der Waals surface area contributed by atoms with Crippen LogP contribution < -0.4 is 5.32 Å². The molecule has 1 aromatic carbocycles. The van der Waals surface area contributed by atoms with Crippen molar-refractivity contribution in [1.29, 1.82) is 0 Å². The minimum Gasteiger partial charge on any atom is -0.348 e. The van der Waals surface area contributed by atoms with Gasteiger partial charge in [-0.25, -0.2) is 4.39 Å². The summed E-state index contributed by atoms with van der Waals surface area (Å²) in [6.45, 7) is 3.09. The summed E-state index contributed by atoms with van der Waals surface area (Å²) in [4.78, 5) is 33.0. The molecule has 0 bridgehead atoms. The summed E-state index contributed by atoms with van der Waals surface area (Å²) in [5, 5.41) is 3.31. The van der Waals surface area contributed by atoms with E-state index >= 15 is 0 Å². The molecule has 2 amide bonds. The highest BCUT2D eigenvalue weighted by Gasteiger charge is 2.50. The second-order valence-electron chi connectivity index (χ2n) is 10.1. The molecule has 3 heterocycles. The Bertz CT molecular complexity index is 804. The molecule has 1 aliphatic carbocycles. The van der Waals surface area contributed by atoms with E-state index in [4.69, 9.17) is 0 Å². The number of carbonyl (C=O) groups excluding carboxylic acids is 2. The summed E-state index contributed by atoms with van der Waals surface area (Å²) in [5.74, 6) is -0.0649. The van der Waals surface area contributed by atoms with Crippen molar-refractivity contribution in [3.8, 4) is 0 Å². The van der Waals surface area contributed by atoms with Gasteiger partial charge in [-0.05, 0) is 56.8 Å². The molecule has 2 atom stereocenters. The molecule has 4 aliphatic rings. The highest BCUT2D eigenvalue weighted by atomic mass is 19.1. The van der Waals surface area contributed by atoms with E-state index < -0.39 is 5.54 Å². The number of halogens is 1. The molecular formula is C24H33FN4O2. The summed E-state index contributed by atoms with van der Waals surface area (Å²) >= 11 is 0. The van der Waals surface area contributed by atoms with Gasteiger partial charge in [0.15, 0.2) is 0 Å². The van der Waals surface area contributed by atoms with E-state index in [9.17, 15) is 14.0 Å². The molecule has 3 aliphatic heterocycles. The maximum absolute atomic E-state index is 13.2. The van der Waals surface area contributed by atoms with Gasteiger partial charge in [0.25, 0.3) is 0 Å². The van der Waals surface area contributed by atoms with Crippen molar-refractivity contribution in [2.45, 2.75) is 75.2 Å². The maximum Gasteiger partial charge on any atom is 0.243 e. The van der Waals surface area contributed by atoms with Crippen molar-refractivity contribution in [2.75, 3.05) is 26.7 Å². The number of likely N-dealkylation sites (tertiary alicyclic amines) is 1. The molecule has 0 radical (unpaired) electrons. The van der Waals surface area contributed by atoms with Crippen LogP contribution in [0.25, 0.3) is 0 Å². The number of benzene rings is 1. The van der Waals surface area contributed by atoms with Crippen LogP contribution in [0, 0.1) is 5.82 Å². The van der Waals surface area contributed by atoms with Gasteiger partial charge in [0, 0.05) is 38.3 Å². The number of nitrogens with one attached hydrogen (secondary N) is 1. The molecule has 31 heavy (non-hydrogen) atoms. The summed E-state index contributed by atoms with van der Waals surface area (Å²) in [6, 6.07) is 7.21. The molecule has 7 heteroatoms. The van der Waals surface area contributed by atoms with Gasteiger partial charge in [-0.2, -0.15) is 0 Å². The number of piperidine rings is 1. The maximum atomic E-state index is 13.2. The van der Waals surface area contributed by atoms with Gasteiger partial charge in [-0.15, -0.1) is 0 Å². The van der Waals surface area contributed by atoms with Gasteiger partial charge >= 0.3 is 0 Å². The minimum atomic E-state index is -0.423. The van der Waals surface area contributed by atoms with Crippen LogP contribution in [0.1, 0.15) is 50.5 Å². The molecular weight excluding hydrogens is 395 g/mol. The quantitative estimate of drug-likeness (QED) is 0.798. The lowest BCUT2D eigenvalue weighted by Crippen LogP contribution is -2.56. The van der Waals surface area contributed by atoms with Crippen LogP contribution in [-0.2, 0) is 16.1 Å². The number of amides is 2. The van der Waals surface area contributed by atoms with Crippen molar-refractivity contribution >= 4 is 11.8 Å². The highest BCUT2D eigenvalue weighted by Crippen LogP contribution is 2.35. The van der Waals surface area contributed by atoms with Crippen LogP contribution in [0.5, 0.6) is 0 Å². The molecule has 3 saturated heterocycles. The molecule has 5 rings (SSSR count). The fourth-order valence-electron chi connectivity index (χ4n) is 5.79. The Balaban J connectivity index is 1.21. The Kier molecular flexibility index (Phi) is 5.51. The van der Waals surface area contributed by atoms with Gasteiger partial charge in [0.1, 0.15) is 11.9 Å². The summed E-state index contributed by atoms with van der Waals surface area (Å²) in [5.41, 5.74) is 0.660. The zero-order valence-electron chi connectivity index (χ0n) is 18.4. The van der Waals surface area contributed by atoms with E-state index in [0.29, 0.717) is 19.0 Å². The number of hydrogen-bond donors (Lipinski definition) is 1. The van der Waals surface area contributed by atoms with Gasteiger partial charge in [0.2, 0.25) is 11.8 Å². The average molecular weight is 429 g/mol. The second-order valence-corrected chi connectivity index (χ2v) is 10.1. The van der Waals surface area contributed by atoms with Crippen molar-refractivity contribution < 1.29 is 14.0 Å². The van der Waals surface area contributed by atoms with E-state index in [1.165, 1.54) is 31.4 Å². The first kappa shape index (κ1) is 20.9. The monoisotopic (exact) mass is 428 g/mol. The lowest BCUT2D eigenvalue weighted by Gasteiger charge is -2.41. The van der Waals surface area contributed by atoms with Gasteiger partial charge in [-0.3, -0.25) is 19.4 Å². The largest absolute Gasteiger partial charge is 0.348 e. The standard InChI is InChI=1S/C24H33FN4O2/c1-27(19-3-2-4-19)20-13-21-23(31)26-24(14-22(30)29(21)16-20)9-11-28(12-10-24)15-17-5-7-18(25)8-6-17/h5-8,19-21H,2-4,9-16H2,1H3,(H,26,31)/t20-,21-/m0/s1. The third-order valence-electron chi connectivity index (χ3n) is 8.14. The van der Waals surface area contributed by atoms with Crippen molar-refractivity contribution in [2.24, 2.45) is 0 Å². The molecule has 0 unspecified atom stereocenters. The summed E-state index contributed by atoms with van der Waals surface area (Å²) < 4.78 is 13.1. The number of nitrogens with zero attached hydrogens (tertiary/aromatic N) is 3. The van der Waals surface area contributed by atoms with E-state index in [2.05, 4.69) is 22.2 Å². The fraction of sp³-hybridized carbons (Fsp3) is 0.667. The Labute approximate surface area is 183 Å². The zero-order valence-corrected chi connectivity index (χ0v) is 18.4. The fourth-order valence-corrected chi connectivity index (χ4v) is 5.79. The molecule has 4 fully saturated rings. The number of likely N-dealkylation sites (N-methyl/N-ethyl adjacent to an activating group) is 1.